The molecule has 9 heteroatoms. The summed E-state index contributed by atoms with van der Waals surface area (Å²) in [6.45, 7) is 0.972. The van der Waals surface area contributed by atoms with Crippen molar-refractivity contribution in [3.8, 4) is 0 Å². The van der Waals surface area contributed by atoms with Crippen LogP contribution in [-0.2, 0) is 13.8 Å². The zero-order chi connectivity index (χ0) is 14.9. The third kappa shape index (κ3) is 3.56. The van der Waals surface area contributed by atoms with E-state index >= 15 is 0 Å². The quantitative estimate of drug-likeness (QED) is 0.842. The van der Waals surface area contributed by atoms with Gasteiger partial charge in [0.15, 0.2) is 0 Å². The number of nitrogens with one attached hydrogen (secondary N) is 1. The molecule has 0 spiro atoms. The third-order valence-corrected chi connectivity index (χ3v) is 4.86. The summed E-state index contributed by atoms with van der Waals surface area (Å²) in [6, 6.07) is 2.26. The van der Waals surface area contributed by atoms with E-state index in [0.717, 1.165) is 6.07 Å². The molecule has 20 heavy (non-hydrogen) atoms. The van der Waals surface area contributed by atoms with Gasteiger partial charge in [0.25, 0.3) is 15.0 Å². The van der Waals surface area contributed by atoms with Gasteiger partial charge in [-0.15, -0.1) is 0 Å². The summed E-state index contributed by atoms with van der Waals surface area (Å²) in [5.41, 5.74) is -0.0368. The molecular formula is C11H10Cl3NO4S. The first kappa shape index (κ1) is 15.9. The van der Waals surface area contributed by atoms with Crippen molar-refractivity contribution < 1.29 is 17.9 Å². The van der Waals surface area contributed by atoms with E-state index in [1.807, 2.05) is 0 Å². The summed E-state index contributed by atoms with van der Waals surface area (Å²) in [6.07, 6.45) is 0.685. The number of carbonyl (C=O) groups excluding carboxylic acids is 1. The van der Waals surface area contributed by atoms with Gasteiger partial charge in [-0.2, -0.15) is 0 Å². The van der Waals surface area contributed by atoms with E-state index in [9.17, 15) is 13.2 Å². The van der Waals surface area contributed by atoms with Gasteiger partial charge < -0.3 is 10.1 Å². The fourth-order valence-corrected chi connectivity index (χ4v) is 3.68. The SMILES string of the molecule is O=C(NC1CCOC1)c1cc(Cl)cc(S(=O)(=O)Cl)c1Cl. The summed E-state index contributed by atoms with van der Waals surface area (Å²) >= 11 is 11.7. The van der Waals surface area contributed by atoms with Gasteiger partial charge in [-0.25, -0.2) is 8.42 Å². The molecule has 5 nitrogen and oxygen atoms in total. The minimum Gasteiger partial charge on any atom is -0.379 e. The first-order valence-electron chi connectivity index (χ1n) is 5.61. The lowest BCUT2D eigenvalue weighted by atomic mass is 10.2. The van der Waals surface area contributed by atoms with Crippen molar-refractivity contribution in [2.45, 2.75) is 17.4 Å². The van der Waals surface area contributed by atoms with Crippen LogP contribution in [0.3, 0.4) is 0 Å². The van der Waals surface area contributed by atoms with Crippen molar-refractivity contribution in [3.05, 3.63) is 27.7 Å². The largest absolute Gasteiger partial charge is 0.379 e. The van der Waals surface area contributed by atoms with Crippen molar-refractivity contribution in [1.82, 2.24) is 5.32 Å². The lowest BCUT2D eigenvalue weighted by Crippen LogP contribution is -2.35. The average Bonchev–Trinajstić information content (AvgIpc) is 2.83. The first-order valence-corrected chi connectivity index (χ1v) is 8.68. The van der Waals surface area contributed by atoms with E-state index in [1.54, 1.807) is 0 Å². The van der Waals surface area contributed by atoms with Crippen LogP contribution in [0.5, 0.6) is 0 Å². The van der Waals surface area contributed by atoms with Gasteiger partial charge in [0.05, 0.1) is 23.2 Å². The van der Waals surface area contributed by atoms with Gasteiger partial charge in [0.2, 0.25) is 0 Å². The van der Waals surface area contributed by atoms with Gasteiger partial charge >= 0.3 is 0 Å². The van der Waals surface area contributed by atoms with Crippen LogP contribution in [0.15, 0.2) is 17.0 Å². The number of hydrogen-bond donors (Lipinski definition) is 1. The van der Waals surface area contributed by atoms with Crippen molar-refractivity contribution in [1.29, 1.82) is 0 Å². The maximum absolute atomic E-state index is 12.1. The lowest BCUT2D eigenvalue weighted by molar-refractivity contribution is 0.0930. The first-order chi connectivity index (χ1) is 9.29. The Balaban J connectivity index is 2.36. The fourth-order valence-electron chi connectivity index (χ4n) is 1.82. The number of hydrogen-bond acceptors (Lipinski definition) is 4. The highest BCUT2D eigenvalue weighted by Crippen LogP contribution is 2.31. The monoisotopic (exact) mass is 357 g/mol. The molecule has 1 aromatic rings. The van der Waals surface area contributed by atoms with E-state index in [4.69, 9.17) is 38.6 Å². The highest BCUT2D eigenvalue weighted by Gasteiger charge is 2.24. The Kier molecular flexibility index (Phi) is 4.81. The highest BCUT2D eigenvalue weighted by atomic mass is 35.7. The van der Waals surface area contributed by atoms with Crippen LogP contribution >= 0.6 is 33.9 Å². The van der Waals surface area contributed by atoms with Crippen molar-refractivity contribution in [2.24, 2.45) is 0 Å². The van der Waals surface area contributed by atoms with E-state index in [0.29, 0.717) is 19.6 Å². The summed E-state index contributed by atoms with van der Waals surface area (Å²) in [5, 5.41) is 2.50. The summed E-state index contributed by atoms with van der Waals surface area (Å²) in [7, 11) is 1.17. The van der Waals surface area contributed by atoms with Crippen molar-refractivity contribution in [3.63, 3.8) is 0 Å². The topological polar surface area (TPSA) is 72.5 Å². The Morgan fingerprint density at radius 2 is 2.05 bits per heavy atom. The molecule has 1 aliphatic rings. The zero-order valence-electron chi connectivity index (χ0n) is 10.0. The molecule has 0 saturated carbocycles. The van der Waals surface area contributed by atoms with Crippen LogP contribution in [0.4, 0.5) is 0 Å². The van der Waals surface area contributed by atoms with Crippen molar-refractivity contribution in [2.75, 3.05) is 13.2 Å². The Hall–Kier alpha value is -0.530. The Morgan fingerprint density at radius 1 is 1.35 bits per heavy atom. The van der Waals surface area contributed by atoms with Gasteiger partial charge in [0, 0.05) is 22.3 Å². The summed E-state index contributed by atoms with van der Waals surface area (Å²) in [4.78, 5) is 11.7. The highest BCUT2D eigenvalue weighted by molar-refractivity contribution is 8.13. The fraction of sp³-hybridized carbons (Fsp3) is 0.364. The molecule has 0 aromatic heterocycles. The second kappa shape index (κ2) is 6.07. The van der Waals surface area contributed by atoms with Crippen LogP contribution in [0, 0.1) is 0 Å². The van der Waals surface area contributed by atoms with Gasteiger partial charge in [-0.05, 0) is 18.6 Å². The minimum atomic E-state index is -4.09. The van der Waals surface area contributed by atoms with E-state index < -0.39 is 15.0 Å². The number of benzene rings is 1. The van der Waals surface area contributed by atoms with Crippen LogP contribution in [0.25, 0.3) is 0 Å². The van der Waals surface area contributed by atoms with E-state index in [1.165, 1.54) is 6.07 Å². The predicted octanol–water partition coefficient (Wildman–Crippen LogP) is 2.44. The number of halogens is 3. The van der Waals surface area contributed by atoms with Gasteiger partial charge in [-0.3, -0.25) is 4.79 Å². The van der Waals surface area contributed by atoms with Gasteiger partial charge in [0.1, 0.15) is 4.90 Å². The molecule has 1 aliphatic heterocycles. The van der Waals surface area contributed by atoms with Gasteiger partial charge in [-0.1, -0.05) is 23.2 Å². The molecule has 1 N–H and O–H groups in total. The molecule has 1 amide bonds. The maximum Gasteiger partial charge on any atom is 0.262 e. The minimum absolute atomic E-state index is 0.0368. The molecule has 1 fully saturated rings. The zero-order valence-corrected chi connectivity index (χ0v) is 13.1. The molecule has 1 heterocycles. The molecule has 110 valence electrons. The van der Waals surface area contributed by atoms with Crippen LogP contribution in [-0.4, -0.2) is 33.6 Å². The second-order valence-corrected chi connectivity index (χ2v) is 7.59. The molecule has 2 rings (SSSR count). The number of ether oxygens (including phenoxy) is 1. The number of carbonyl (C=O) groups is 1. The Bertz CT molecular complexity index is 641. The number of rotatable bonds is 3. The second-order valence-electron chi connectivity index (χ2n) is 4.24. The Morgan fingerprint density at radius 3 is 2.60 bits per heavy atom. The molecule has 1 atom stereocenters. The molecule has 1 saturated heterocycles. The summed E-state index contributed by atoms with van der Waals surface area (Å²) in [5.74, 6) is -0.519. The maximum atomic E-state index is 12.1. The smallest absolute Gasteiger partial charge is 0.262 e. The third-order valence-electron chi connectivity index (χ3n) is 2.78. The molecule has 0 bridgehead atoms. The Labute approximate surface area is 130 Å². The average molecular weight is 359 g/mol. The molecule has 1 unspecified atom stereocenters. The standard InChI is InChI=1S/C11H10Cl3NO4S/c12-6-3-8(10(13)9(4-6)20(14,17)18)11(16)15-7-1-2-19-5-7/h3-4,7H,1-2,5H2,(H,15,16). The lowest BCUT2D eigenvalue weighted by Gasteiger charge is -2.13. The van der Waals surface area contributed by atoms with Crippen LogP contribution < -0.4 is 5.32 Å². The predicted molar refractivity (Wildman–Crippen MR) is 76.2 cm³/mol. The van der Waals surface area contributed by atoms with E-state index in [2.05, 4.69) is 5.32 Å². The van der Waals surface area contributed by atoms with Crippen LogP contribution in [0.2, 0.25) is 10.0 Å². The molecular weight excluding hydrogens is 349 g/mol. The van der Waals surface area contributed by atoms with Crippen LogP contribution in [0.1, 0.15) is 16.8 Å². The van der Waals surface area contributed by atoms with Crippen molar-refractivity contribution >= 4 is 48.8 Å². The molecule has 0 aliphatic carbocycles. The van der Waals surface area contributed by atoms with E-state index in [-0.39, 0.29) is 26.5 Å². The molecule has 1 aromatic carbocycles. The summed E-state index contributed by atoms with van der Waals surface area (Å²) < 4.78 is 27.9. The number of amides is 1. The normalized spacial score (nSPS) is 19.1. The molecule has 0 radical (unpaired) electrons.